The molecule has 1 aliphatic rings. The van der Waals surface area contributed by atoms with Crippen LogP contribution in [0.5, 0.6) is 0 Å². The summed E-state index contributed by atoms with van der Waals surface area (Å²) in [6.45, 7) is -0.0954. The van der Waals surface area contributed by atoms with Crippen molar-refractivity contribution in [1.29, 1.82) is 0 Å². The minimum atomic E-state index is -1.13. The van der Waals surface area contributed by atoms with Crippen LogP contribution in [0.25, 0.3) is 10.4 Å². The lowest BCUT2D eigenvalue weighted by Gasteiger charge is -2.36. The van der Waals surface area contributed by atoms with E-state index in [9.17, 15) is 10.2 Å². The highest BCUT2D eigenvalue weighted by atomic mass is 16.5. The summed E-state index contributed by atoms with van der Waals surface area (Å²) in [6.07, 6.45) is -2.91. The Morgan fingerprint density at radius 1 is 1.43 bits per heavy atom. The van der Waals surface area contributed by atoms with Crippen molar-refractivity contribution in [1.82, 2.24) is 0 Å². The quantitative estimate of drug-likeness (QED) is 0.310. The Bertz CT molecular complexity index is 231. The largest absolute Gasteiger partial charge is 0.394 e. The molecule has 7 nitrogen and oxygen atoms in total. The first-order chi connectivity index (χ1) is 6.70. The summed E-state index contributed by atoms with van der Waals surface area (Å²) in [5, 5.41) is 31.0. The molecular formula is C7H13N3O4. The van der Waals surface area contributed by atoms with Crippen molar-refractivity contribution in [3.05, 3.63) is 10.4 Å². The third kappa shape index (κ3) is 2.34. The van der Waals surface area contributed by atoms with Gasteiger partial charge in [-0.3, -0.25) is 0 Å². The molecular weight excluding hydrogens is 190 g/mol. The Morgan fingerprint density at radius 2 is 2.14 bits per heavy atom. The van der Waals surface area contributed by atoms with Crippen LogP contribution in [0.3, 0.4) is 0 Å². The molecule has 0 bridgehead atoms. The van der Waals surface area contributed by atoms with Crippen molar-refractivity contribution in [3.8, 4) is 0 Å². The van der Waals surface area contributed by atoms with E-state index in [1.54, 1.807) is 0 Å². The fourth-order valence-electron chi connectivity index (χ4n) is 1.41. The summed E-state index contributed by atoms with van der Waals surface area (Å²) < 4.78 is 5.08. The highest BCUT2D eigenvalue weighted by molar-refractivity contribution is 4.87. The van der Waals surface area contributed by atoms with Gasteiger partial charge in [-0.05, 0) is 5.53 Å². The number of nitrogens with zero attached hydrogens (tertiary/aromatic N) is 3. The molecule has 0 aromatic carbocycles. The maximum atomic E-state index is 9.54. The van der Waals surface area contributed by atoms with Crippen LogP contribution in [-0.4, -0.2) is 53.4 Å². The van der Waals surface area contributed by atoms with E-state index in [1.807, 2.05) is 0 Å². The van der Waals surface area contributed by atoms with E-state index in [4.69, 9.17) is 15.4 Å². The van der Waals surface area contributed by atoms with Crippen LogP contribution in [0.2, 0.25) is 0 Å². The van der Waals surface area contributed by atoms with Crippen LogP contribution >= 0.6 is 0 Å². The first kappa shape index (κ1) is 11.2. The number of aliphatic hydroxyl groups excluding tert-OH is 3. The van der Waals surface area contributed by atoms with Gasteiger partial charge < -0.3 is 20.1 Å². The number of ether oxygens (including phenoxy) is 1. The van der Waals surface area contributed by atoms with E-state index in [0.717, 1.165) is 0 Å². The highest BCUT2D eigenvalue weighted by Gasteiger charge is 2.37. The van der Waals surface area contributed by atoms with E-state index < -0.39 is 24.2 Å². The summed E-state index contributed by atoms with van der Waals surface area (Å²) in [5.74, 6) is -0.413. The minimum Gasteiger partial charge on any atom is -0.394 e. The van der Waals surface area contributed by atoms with Crippen molar-refractivity contribution < 1.29 is 20.1 Å². The first-order valence-corrected chi connectivity index (χ1v) is 4.30. The van der Waals surface area contributed by atoms with E-state index in [0.29, 0.717) is 0 Å². The number of azide groups is 1. The second-order valence-electron chi connectivity index (χ2n) is 3.21. The summed E-state index contributed by atoms with van der Waals surface area (Å²) in [7, 11) is 0. The molecule has 0 aliphatic carbocycles. The van der Waals surface area contributed by atoms with Gasteiger partial charge in [0.15, 0.2) is 0 Å². The summed E-state index contributed by atoms with van der Waals surface area (Å²) in [4.78, 5) is 2.56. The van der Waals surface area contributed by atoms with Gasteiger partial charge in [-0.1, -0.05) is 5.11 Å². The summed E-state index contributed by atoms with van der Waals surface area (Å²) in [6, 6.07) is 0. The van der Waals surface area contributed by atoms with E-state index >= 15 is 0 Å². The standard InChI is InChI=1S/C7H13N3O4/c8-10-9-1-4-3-14-5(2-11)7(13)6(4)12/h4-7,11-13H,1-3H2/t4-,5+,6+,7-/m0/s1. The molecule has 0 spiro atoms. The molecule has 80 valence electrons. The molecule has 1 fully saturated rings. The lowest BCUT2D eigenvalue weighted by atomic mass is 9.93. The lowest BCUT2D eigenvalue weighted by Crippen LogP contribution is -2.52. The van der Waals surface area contributed by atoms with Crippen molar-refractivity contribution in [2.75, 3.05) is 19.8 Å². The summed E-state index contributed by atoms with van der Waals surface area (Å²) >= 11 is 0. The summed E-state index contributed by atoms with van der Waals surface area (Å²) in [5.41, 5.74) is 8.08. The molecule has 0 unspecified atom stereocenters. The van der Waals surface area contributed by atoms with Crippen molar-refractivity contribution in [3.63, 3.8) is 0 Å². The number of hydrogen-bond donors (Lipinski definition) is 3. The molecule has 0 aromatic heterocycles. The van der Waals surface area contributed by atoms with Crippen LogP contribution in [0, 0.1) is 5.92 Å². The zero-order valence-electron chi connectivity index (χ0n) is 7.52. The maximum absolute atomic E-state index is 9.54. The van der Waals surface area contributed by atoms with Gasteiger partial charge in [0.1, 0.15) is 12.2 Å². The average Bonchev–Trinajstić information content (AvgIpc) is 2.20. The van der Waals surface area contributed by atoms with Crippen LogP contribution in [0.4, 0.5) is 0 Å². The Hall–Kier alpha value is -0.850. The smallest absolute Gasteiger partial charge is 0.109 e. The van der Waals surface area contributed by atoms with Gasteiger partial charge in [-0.15, -0.1) is 0 Å². The van der Waals surface area contributed by atoms with E-state index in [-0.39, 0.29) is 19.8 Å². The molecule has 7 heteroatoms. The molecule has 1 saturated heterocycles. The Kier molecular flexibility index (Phi) is 4.12. The predicted octanol–water partition coefficient (Wildman–Crippen LogP) is -0.974. The van der Waals surface area contributed by atoms with Crippen molar-refractivity contribution in [2.24, 2.45) is 11.0 Å². The zero-order chi connectivity index (χ0) is 10.6. The Labute approximate surface area is 80.6 Å². The topological polar surface area (TPSA) is 119 Å². The van der Waals surface area contributed by atoms with Gasteiger partial charge in [0.2, 0.25) is 0 Å². The molecule has 1 aliphatic heterocycles. The van der Waals surface area contributed by atoms with Crippen LogP contribution in [-0.2, 0) is 4.74 Å². The third-order valence-corrected chi connectivity index (χ3v) is 2.30. The van der Waals surface area contributed by atoms with E-state index in [1.165, 1.54) is 0 Å². The molecule has 0 aromatic rings. The van der Waals surface area contributed by atoms with Crippen molar-refractivity contribution >= 4 is 0 Å². The van der Waals surface area contributed by atoms with Gasteiger partial charge in [-0.25, -0.2) is 0 Å². The maximum Gasteiger partial charge on any atom is 0.109 e. The molecule has 0 amide bonds. The Balaban J connectivity index is 2.54. The van der Waals surface area contributed by atoms with Crippen LogP contribution < -0.4 is 0 Å². The SMILES string of the molecule is [N-]=[N+]=NC[C@H]1CO[C@H](CO)[C@H](O)[C@@H]1O. The molecule has 1 rings (SSSR count). The monoisotopic (exact) mass is 203 g/mol. The second-order valence-corrected chi connectivity index (χ2v) is 3.21. The van der Waals surface area contributed by atoms with Gasteiger partial charge in [0.05, 0.1) is 19.3 Å². The molecule has 3 N–H and O–H groups in total. The number of aliphatic hydroxyl groups is 3. The fraction of sp³-hybridized carbons (Fsp3) is 1.00. The second kappa shape index (κ2) is 5.14. The molecule has 4 atom stereocenters. The van der Waals surface area contributed by atoms with Gasteiger partial charge in [-0.2, -0.15) is 0 Å². The molecule has 14 heavy (non-hydrogen) atoms. The lowest BCUT2D eigenvalue weighted by molar-refractivity contribution is -0.172. The number of hydrogen-bond acceptors (Lipinski definition) is 5. The van der Waals surface area contributed by atoms with E-state index in [2.05, 4.69) is 10.0 Å². The predicted molar refractivity (Wildman–Crippen MR) is 46.3 cm³/mol. The molecule has 0 saturated carbocycles. The minimum absolute atomic E-state index is 0.0763. The Morgan fingerprint density at radius 3 is 2.71 bits per heavy atom. The van der Waals surface area contributed by atoms with Gasteiger partial charge >= 0.3 is 0 Å². The molecule has 0 radical (unpaired) electrons. The fourth-order valence-corrected chi connectivity index (χ4v) is 1.41. The first-order valence-electron chi connectivity index (χ1n) is 4.30. The van der Waals surface area contributed by atoms with Crippen LogP contribution in [0.1, 0.15) is 0 Å². The van der Waals surface area contributed by atoms with Gasteiger partial charge in [0, 0.05) is 17.4 Å². The highest BCUT2D eigenvalue weighted by Crippen LogP contribution is 2.20. The number of rotatable bonds is 3. The van der Waals surface area contributed by atoms with Crippen molar-refractivity contribution in [2.45, 2.75) is 18.3 Å². The zero-order valence-corrected chi connectivity index (χ0v) is 7.52. The van der Waals surface area contributed by atoms with Crippen LogP contribution in [0.15, 0.2) is 5.11 Å². The molecule has 1 heterocycles. The average molecular weight is 203 g/mol. The van der Waals surface area contributed by atoms with Gasteiger partial charge in [0.25, 0.3) is 0 Å². The normalized spacial score (nSPS) is 37.6. The third-order valence-electron chi connectivity index (χ3n) is 2.30.